The fourth-order valence-corrected chi connectivity index (χ4v) is 3.82. The molecule has 0 spiro atoms. The van der Waals surface area contributed by atoms with Crippen molar-refractivity contribution in [3.05, 3.63) is 0 Å². The molecule has 0 aliphatic carbocycles. The molecule has 34 heavy (non-hydrogen) atoms. The van der Waals surface area contributed by atoms with Crippen molar-refractivity contribution >= 4 is 18.0 Å². The Kier molecular flexibility index (Phi) is 18.5. The molecule has 0 saturated heterocycles. The number of nitrogens with zero attached hydrogens (tertiary/aromatic N) is 2. The van der Waals surface area contributed by atoms with E-state index < -0.39 is 24.2 Å². The summed E-state index contributed by atoms with van der Waals surface area (Å²) in [6, 6.07) is 0. The van der Waals surface area contributed by atoms with Crippen molar-refractivity contribution in [1.82, 2.24) is 9.80 Å². The van der Waals surface area contributed by atoms with E-state index in [1.54, 1.807) is 25.7 Å². The third-order valence-electron chi connectivity index (χ3n) is 5.72. The third kappa shape index (κ3) is 18.6. The summed E-state index contributed by atoms with van der Waals surface area (Å²) >= 11 is 0. The van der Waals surface area contributed by atoms with Gasteiger partial charge in [-0.1, -0.05) is 90.9 Å². The van der Waals surface area contributed by atoms with Gasteiger partial charge in [0.05, 0.1) is 0 Å². The molecule has 0 aromatic heterocycles. The molecular weight excluding hydrogens is 432 g/mol. The van der Waals surface area contributed by atoms with Gasteiger partial charge in [0.25, 0.3) is 0 Å². The maximum Gasteiger partial charge on any atom is 0.411 e. The number of carbonyl (C=O) groups excluding carboxylic acids is 2. The molecule has 1 N–H and O–H groups in total. The second kappa shape index (κ2) is 19.5. The zero-order valence-corrected chi connectivity index (χ0v) is 22.7. The highest BCUT2D eigenvalue weighted by Crippen LogP contribution is 2.13. The molecule has 0 atom stereocenters. The maximum atomic E-state index is 13.0. The molecule has 0 unspecified atom stereocenters. The molecule has 0 aliphatic rings. The molecule has 0 bridgehead atoms. The first kappa shape index (κ1) is 32.2. The second-order valence-corrected chi connectivity index (χ2v) is 10.4. The number of hydrogen-bond acceptors (Lipinski definition) is 4. The van der Waals surface area contributed by atoms with Crippen LogP contribution >= 0.6 is 0 Å². The molecule has 0 aromatic carbocycles. The highest BCUT2D eigenvalue weighted by Gasteiger charge is 2.27. The summed E-state index contributed by atoms with van der Waals surface area (Å²) in [7, 11) is 0. The number of carboxylic acid groups (broad SMARTS) is 1. The van der Waals surface area contributed by atoms with Crippen LogP contribution in [-0.2, 0) is 14.3 Å². The van der Waals surface area contributed by atoms with E-state index in [-0.39, 0.29) is 12.5 Å². The first-order valence-electron chi connectivity index (χ1n) is 13.6. The van der Waals surface area contributed by atoms with Crippen molar-refractivity contribution in [3.63, 3.8) is 0 Å². The standard InChI is InChI=1S/C27H52N2O5/c1-6-8-10-12-13-14-15-16-17-19-21-28(20-18-11-9-7-2)24(30)22-29(23-25(31)32)26(33)34-27(3,4)5/h6-23H2,1-5H3,(H,31,32). The second-order valence-electron chi connectivity index (χ2n) is 10.4. The molecule has 200 valence electrons. The van der Waals surface area contributed by atoms with Crippen LogP contribution in [0.4, 0.5) is 4.79 Å². The summed E-state index contributed by atoms with van der Waals surface area (Å²) in [6.07, 6.45) is 15.8. The third-order valence-corrected chi connectivity index (χ3v) is 5.72. The summed E-state index contributed by atoms with van der Waals surface area (Å²) in [4.78, 5) is 39.6. The van der Waals surface area contributed by atoms with Crippen molar-refractivity contribution in [1.29, 1.82) is 0 Å². The van der Waals surface area contributed by atoms with Crippen LogP contribution in [0.1, 0.15) is 125 Å². The van der Waals surface area contributed by atoms with E-state index >= 15 is 0 Å². The lowest BCUT2D eigenvalue weighted by Crippen LogP contribution is -2.47. The number of rotatable bonds is 20. The van der Waals surface area contributed by atoms with E-state index in [9.17, 15) is 19.5 Å². The Hall–Kier alpha value is -1.79. The Labute approximate surface area is 208 Å². The number of carboxylic acids is 1. The maximum absolute atomic E-state index is 13.0. The van der Waals surface area contributed by atoms with Gasteiger partial charge in [-0.3, -0.25) is 14.5 Å². The monoisotopic (exact) mass is 484 g/mol. The van der Waals surface area contributed by atoms with Gasteiger partial charge in [0.15, 0.2) is 0 Å². The van der Waals surface area contributed by atoms with Crippen LogP contribution in [0.25, 0.3) is 0 Å². The van der Waals surface area contributed by atoms with Crippen LogP contribution in [0.5, 0.6) is 0 Å². The van der Waals surface area contributed by atoms with Crippen LogP contribution in [0.2, 0.25) is 0 Å². The zero-order valence-electron chi connectivity index (χ0n) is 22.7. The van der Waals surface area contributed by atoms with Gasteiger partial charge in [-0.05, 0) is 33.6 Å². The molecular formula is C27H52N2O5. The van der Waals surface area contributed by atoms with Crippen LogP contribution in [-0.4, -0.2) is 64.7 Å². The van der Waals surface area contributed by atoms with Crippen molar-refractivity contribution in [2.75, 3.05) is 26.2 Å². The van der Waals surface area contributed by atoms with Crippen LogP contribution < -0.4 is 0 Å². The van der Waals surface area contributed by atoms with Gasteiger partial charge in [-0.15, -0.1) is 0 Å². The highest BCUT2D eigenvalue weighted by molar-refractivity contribution is 5.84. The van der Waals surface area contributed by atoms with Gasteiger partial charge in [-0.2, -0.15) is 0 Å². The number of carbonyl (C=O) groups is 3. The molecule has 2 amide bonds. The van der Waals surface area contributed by atoms with Crippen LogP contribution in [0.3, 0.4) is 0 Å². The quantitative estimate of drug-likeness (QED) is 0.196. The molecule has 0 saturated carbocycles. The van der Waals surface area contributed by atoms with Crippen LogP contribution in [0, 0.1) is 0 Å². The normalized spacial score (nSPS) is 11.3. The van der Waals surface area contributed by atoms with Crippen LogP contribution in [0.15, 0.2) is 0 Å². The lowest BCUT2D eigenvalue weighted by atomic mass is 10.1. The summed E-state index contributed by atoms with van der Waals surface area (Å²) in [5.41, 5.74) is -0.757. The van der Waals surface area contributed by atoms with Crippen molar-refractivity contribution in [2.45, 2.75) is 130 Å². The summed E-state index contributed by atoms with van der Waals surface area (Å²) < 4.78 is 5.31. The van der Waals surface area contributed by atoms with E-state index in [0.29, 0.717) is 13.1 Å². The van der Waals surface area contributed by atoms with Gasteiger partial charge >= 0.3 is 12.1 Å². The zero-order chi connectivity index (χ0) is 25.8. The Morgan fingerprint density at radius 2 is 1.06 bits per heavy atom. The lowest BCUT2D eigenvalue weighted by molar-refractivity contribution is -0.139. The fraction of sp³-hybridized carbons (Fsp3) is 0.889. The molecule has 0 heterocycles. The number of unbranched alkanes of at least 4 members (excludes halogenated alkanes) is 12. The first-order chi connectivity index (χ1) is 16.1. The number of amides is 2. The average molecular weight is 485 g/mol. The minimum Gasteiger partial charge on any atom is -0.480 e. The summed E-state index contributed by atoms with van der Waals surface area (Å²) in [5, 5.41) is 9.21. The van der Waals surface area contributed by atoms with Crippen molar-refractivity contribution < 1.29 is 24.2 Å². The molecule has 0 aromatic rings. The van der Waals surface area contributed by atoms with Gasteiger partial charge in [0.2, 0.25) is 5.91 Å². The minimum atomic E-state index is -1.16. The predicted molar refractivity (Wildman–Crippen MR) is 138 cm³/mol. The molecule has 7 nitrogen and oxygen atoms in total. The smallest absolute Gasteiger partial charge is 0.411 e. The molecule has 7 heteroatoms. The molecule has 0 fully saturated rings. The number of aliphatic carboxylic acids is 1. The van der Waals surface area contributed by atoms with Crippen molar-refractivity contribution in [2.24, 2.45) is 0 Å². The Morgan fingerprint density at radius 1 is 0.647 bits per heavy atom. The van der Waals surface area contributed by atoms with Gasteiger partial charge < -0.3 is 14.7 Å². The van der Waals surface area contributed by atoms with E-state index in [0.717, 1.165) is 43.4 Å². The Morgan fingerprint density at radius 3 is 1.47 bits per heavy atom. The van der Waals surface area contributed by atoms with E-state index in [1.165, 1.54) is 51.4 Å². The van der Waals surface area contributed by atoms with E-state index in [1.807, 2.05) is 0 Å². The van der Waals surface area contributed by atoms with E-state index in [4.69, 9.17) is 4.74 Å². The Balaban J connectivity index is 4.70. The average Bonchev–Trinajstić information content (AvgIpc) is 2.74. The van der Waals surface area contributed by atoms with Gasteiger partial charge in [0, 0.05) is 13.1 Å². The summed E-state index contributed by atoms with van der Waals surface area (Å²) in [6.45, 7) is 10.0. The SMILES string of the molecule is CCCCCCCCCCCCN(CCCCCC)C(=O)CN(CC(=O)O)C(=O)OC(C)(C)C. The highest BCUT2D eigenvalue weighted by atomic mass is 16.6. The largest absolute Gasteiger partial charge is 0.480 e. The fourth-order valence-electron chi connectivity index (χ4n) is 3.82. The first-order valence-corrected chi connectivity index (χ1v) is 13.6. The summed E-state index contributed by atoms with van der Waals surface area (Å²) in [5.74, 6) is -1.37. The molecule has 0 rings (SSSR count). The predicted octanol–water partition coefficient (Wildman–Crippen LogP) is 6.64. The topological polar surface area (TPSA) is 87.2 Å². The molecule has 0 aliphatic heterocycles. The van der Waals surface area contributed by atoms with Gasteiger partial charge in [0.1, 0.15) is 18.7 Å². The Bertz CT molecular complexity index is 560. The van der Waals surface area contributed by atoms with Crippen molar-refractivity contribution in [3.8, 4) is 0 Å². The minimum absolute atomic E-state index is 0.209. The number of hydrogen-bond donors (Lipinski definition) is 1. The van der Waals surface area contributed by atoms with Gasteiger partial charge in [-0.25, -0.2) is 4.79 Å². The van der Waals surface area contributed by atoms with E-state index in [2.05, 4.69) is 13.8 Å². The number of ether oxygens (including phenoxy) is 1. The molecule has 0 radical (unpaired) electrons. The lowest BCUT2D eigenvalue weighted by Gasteiger charge is -2.29.